The highest BCUT2D eigenvalue weighted by atomic mass is 16.4. The maximum Gasteiger partial charge on any atom is 0.337 e. The Hall–Kier alpha value is -2.54. The molecule has 4 heteroatoms. The SMILES string of the molecule is C#CCCCCNc1ncc(C(=O)O)c2ccccc12. The number of unbranched alkanes of at least 4 members (excludes halogenated alkanes) is 2. The Kier molecular flexibility index (Phi) is 4.56. The van der Waals surface area contributed by atoms with Gasteiger partial charge in [-0.1, -0.05) is 24.3 Å². The zero-order valence-electron chi connectivity index (χ0n) is 11.1. The fourth-order valence-corrected chi connectivity index (χ4v) is 2.06. The van der Waals surface area contributed by atoms with Crippen LogP contribution in [0.25, 0.3) is 10.8 Å². The second kappa shape index (κ2) is 6.58. The molecule has 0 bridgehead atoms. The molecular weight excluding hydrogens is 252 g/mol. The molecule has 0 aliphatic rings. The number of hydrogen-bond donors (Lipinski definition) is 2. The predicted molar refractivity (Wildman–Crippen MR) is 79.9 cm³/mol. The number of carbonyl (C=O) groups is 1. The van der Waals surface area contributed by atoms with Gasteiger partial charge in [-0.25, -0.2) is 9.78 Å². The van der Waals surface area contributed by atoms with Crippen LogP contribution >= 0.6 is 0 Å². The third-order valence-electron chi connectivity index (χ3n) is 3.07. The van der Waals surface area contributed by atoms with Crippen molar-refractivity contribution in [3.05, 3.63) is 36.0 Å². The van der Waals surface area contributed by atoms with Crippen LogP contribution in [0.2, 0.25) is 0 Å². The van der Waals surface area contributed by atoms with Gasteiger partial charge in [0.05, 0.1) is 5.56 Å². The van der Waals surface area contributed by atoms with Gasteiger partial charge in [0.15, 0.2) is 0 Å². The smallest absolute Gasteiger partial charge is 0.337 e. The molecule has 0 fully saturated rings. The summed E-state index contributed by atoms with van der Waals surface area (Å²) in [5.41, 5.74) is 0.221. The zero-order valence-corrected chi connectivity index (χ0v) is 11.1. The number of fused-ring (bicyclic) bond motifs is 1. The highest BCUT2D eigenvalue weighted by Gasteiger charge is 2.11. The Labute approximate surface area is 117 Å². The van der Waals surface area contributed by atoms with E-state index in [1.165, 1.54) is 6.20 Å². The maximum atomic E-state index is 11.2. The van der Waals surface area contributed by atoms with Gasteiger partial charge < -0.3 is 10.4 Å². The number of carboxylic acid groups (broad SMARTS) is 1. The number of carboxylic acids is 1. The second-order valence-electron chi connectivity index (χ2n) is 4.46. The van der Waals surface area contributed by atoms with Crippen LogP contribution in [-0.2, 0) is 0 Å². The number of benzene rings is 1. The highest BCUT2D eigenvalue weighted by Crippen LogP contribution is 2.24. The van der Waals surface area contributed by atoms with E-state index in [0.717, 1.165) is 31.2 Å². The van der Waals surface area contributed by atoms with Crippen molar-refractivity contribution in [1.82, 2.24) is 4.98 Å². The number of aromatic carboxylic acids is 1. The van der Waals surface area contributed by atoms with E-state index in [9.17, 15) is 4.79 Å². The van der Waals surface area contributed by atoms with Gasteiger partial charge in [-0.05, 0) is 12.8 Å². The second-order valence-corrected chi connectivity index (χ2v) is 4.46. The van der Waals surface area contributed by atoms with Gasteiger partial charge in [0, 0.05) is 29.9 Å². The average molecular weight is 268 g/mol. The molecule has 1 heterocycles. The summed E-state index contributed by atoms with van der Waals surface area (Å²) in [6.07, 6.45) is 9.30. The molecule has 0 unspecified atom stereocenters. The van der Waals surface area contributed by atoms with E-state index in [0.29, 0.717) is 11.2 Å². The number of hydrogen-bond acceptors (Lipinski definition) is 3. The van der Waals surface area contributed by atoms with Crippen LogP contribution in [-0.4, -0.2) is 22.6 Å². The monoisotopic (exact) mass is 268 g/mol. The van der Waals surface area contributed by atoms with E-state index in [2.05, 4.69) is 16.2 Å². The maximum absolute atomic E-state index is 11.2. The predicted octanol–water partition coefficient (Wildman–Crippen LogP) is 3.15. The van der Waals surface area contributed by atoms with Gasteiger partial charge in [-0.3, -0.25) is 0 Å². The molecule has 0 radical (unpaired) electrons. The van der Waals surface area contributed by atoms with Crippen LogP contribution in [0.1, 0.15) is 29.6 Å². The van der Waals surface area contributed by atoms with Crippen molar-refractivity contribution in [2.75, 3.05) is 11.9 Å². The van der Waals surface area contributed by atoms with Gasteiger partial charge >= 0.3 is 5.97 Å². The van der Waals surface area contributed by atoms with Crippen molar-refractivity contribution in [1.29, 1.82) is 0 Å². The molecular formula is C16H16N2O2. The van der Waals surface area contributed by atoms with Crippen LogP contribution in [0.4, 0.5) is 5.82 Å². The zero-order chi connectivity index (χ0) is 14.4. The molecule has 0 atom stereocenters. The third-order valence-corrected chi connectivity index (χ3v) is 3.07. The molecule has 1 aromatic carbocycles. The Morgan fingerprint density at radius 2 is 2.05 bits per heavy atom. The van der Waals surface area contributed by atoms with Gasteiger partial charge in [0.2, 0.25) is 0 Å². The Balaban J connectivity index is 2.21. The normalized spacial score (nSPS) is 10.2. The van der Waals surface area contributed by atoms with Crippen LogP contribution < -0.4 is 5.32 Å². The summed E-state index contributed by atoms with van der Waals surface area (Å²) in [4.78, 5) is 15.4. The minimum absolute atomic E-state index is 0.221. The first kappa shape index (κ1) is 13.9. The van der Waals surface area contributed by atoms with E-state index in [-0.39, 0.29) is 5.56 Å². The quantitative estimate of drug-likeness (QED) is 0.624. The number of nitrogens with one attached hydrogen (secondary N) is 1. The Morgan fingerprint density at radius 1 is 1.30 bits per heavy atom. The number of terminal acetylenes is 1. The molecule has 0 aliphatic carbocycles. The topological polar surface area (TPSA) is 62.2 Å². The lowest BCUT2D eigenvalue weighted by atomic mass is 10.1. The van der Waals surface area contributed by atoms with E-state index in [4.69, 9.17) is 11.5 Å². The minimum Gasteiger partial charge on any atom is -0.478 e. The summed E-state index contributed by atoms with van der Waals surface area (Å²) in [5, 5.41) is 13.9. The average Bonchev–Trinajstić information content (AvgIpc) is 2.46. The summed E-state index contributed by atoms with van der Waals surface area (Å²) in [6.45, 7) is 0.769. The summed E-state index contributed by atoms with van der Waals surface area (Å²) < 4.78 is 0. The van der Waals surface area contributed by atoms with Crippen molar-refractivity contribution >= 4 is 22.6 Å². The lowest BCUT2D eigenvalue weighted by Gasteiger charge is -2.10. The molecule has 0 saturated carbocycles. The molecule has 2 N–H and O–H groups in total. The van der Waals surface area contributed by atoms with Crippen LogP contribution in [0, 0.1) is 12.3 Å². The first-order valence-electron chi connectivity index (χ1n) is 6.52. The summed E-state index contributed by atoms with van der Waals surface area (Å²) >= 11 is 0. The lowest BCUT2D eigenvalue weighted by molar-refractivity contribution is 0.0698. The molecule has 0 amide bonds. The van der Waals surface area contributed by atoms with Crippen LogP contribution in [0.5, 0.6) is 0 Å². The van der Waals surface area contributed by atoms with Crippen LogP contribution in [0.15, 0.2) is 30.5 Å². The number of anilines is 1. The molecule has 2 aromatic rings. The van der Waals surface area contributed by atoms with Gasteiger partial charge in [-0.2, -0.15) is 0 Å². The van der Waals surface area contributed by atoms with Crippen molar-refractivity contribution in [3.8, 4) is 12.3 Å². The largest absolute Gasteiger partial charge is 0.478 e. The van der Waals surface area contributed by atoms with Crippen molar-refractivity contribution in [2.24, 2.45) is 0 Å². The van der Waals surface area contributed by atoms with Crippen molar-refractivity contribution < 1.29 is 9.90 Å². The third kappa shape index (κ3) is 3.07. The van der Waals surface area contributed by atoms with E-state index < -0.39 is 5.97 Å². The Morgan fingerprint density at radius 3 is 2.75 bits per heavy atom. The number of pyridine rings is 1. The summed E-state index contributed by atoms with van der Waals surface area (Å²) in [5.74, 6) is 2.36. The summed E-state index contributed by atoms with van der Waals surface area (Å²) in [6, 6.07) is 7.37. The highest BCUT2D eigenvalue weighted by molar-refractivity contribution is 6.06. The molecule has 2 rings (SSSR count). The molecule has 20 heavy (non-hydrogen) atoms. The van der Waals surface area contributed by atoms with Gasteiger partial charge in [0.1, 0.15) is 5.82 Å². The molecule has 102 valence electrons. The van der Waals surface area contributed by atoms with E-state index in [1.54, 1.807) is 6.07 Å². The fraction of sp³-hybridized carbons (Fsp3) is 0.250. The molecule has 0 saturated heterocycles. The first-order chi connectivity index (χ1) is 9.74. The standard InChI is InChI=1S/C16H16N2O2/c1-2-3-4-7-10-17-15-13-9-6-5-8-12(13)14(11-18-15)16(19)20/h1,5-6,8-9,11H,3-4,7,10H2,(H,17,18)(H,19,20). The molecule has 0 spiro atoms. The number of nitrogens with zero attached hydrogens (tertiary/aromatic N) is 1. The molecule has 4 nitrogen and oxygen atoms in total. The first-order valence-corrected chi connectivity index (χ1v) is 6.52. The minimum atomic E-state index is -0.964. The summed E-state index contributed by atoms with van der Waals surface area (Å²) in [7, 11) is 0. The van der Waals surface area contributed by atoms with Crippen LogP contribution in [0.3, 0.4) is 0 Å². The van der Waals surface area contributed by atoms with Gasteiger partial charge in [0.25, 0.3) is 0 Å². The van der Waals surface area contributed by atoms with E-state index >= 15 is 0 Å². The fourth-order valence-electron chi connectivity index (χ4n) is 2.06. The molecule has 1 aromatic heterocycles. The lowest BCUT2D eigenvalue weighted by Crippen LogP contribution is -2.06. The van der Waals surface area contributed by atoms with Crippen molar-refractivity contribution in [3.63, 3.8) is 0 Å². The van der Waals surface area contributed by atoms with E-state index in [1.807, 2.05) is 18.2 Å². The number of rotatable bonds is 6. The van der Waals surface area contributed by atoms with Crippen molar-refractivity contribution in [2.45, 2.75) is 19.3 Å². The molecule has 0 aliphatic heterocycles. The van der Waals surface area contributed by atoms with Gasteiger partial charge in [-0.15, -0.1) is 12.3 Å². The number of aromatic nitrogens is 1. The Bertz CT molecular complexity index is 659.